The summed E-state index contributed by atoms with van der Waals surface area (Å²) in [4.78, 5) is 25.1. The van der Waals surface area contributed by atoms with E-state index in [-0.39, 0.29) is 11.9 Å². The molecule has 0 aromatic heterocycles. The van der Waals surface area contributed by atoms with Crippen LogP contribution >= 0.6 is 0 Å². The van der Waals surface area contributed by atoms with Gasteiger partial charge in [0.15, 0.2) is 0 Å². The molecule has 0 spiro atoms. The van der Waals surface area contributed by atoms with E-state index in [0.717, 1.165) is 22.3 Å². The Balaban J connectivity index is 2.07. The van der Waals surface area contributed by atoms with Crippen molar-refractivity contribution < 1.29 is 19.1 Å². The lowest BCUT2D eigenvalue weighted by Gasteiger charge is -2.15. The zero-order chi connectivity index (χ0) is 19.9. The molecule has 3 rings (SSSR count). The summed E-state index contributed by atoms with van der Waals surface area (Å²) in [7, 11) is 0. The molecule has 1 aliphatic rings. The molecule has 0 saturated heterocycles. The second kappa shape index (κ2) is 9.36. The molecule has 4 heteroatoms. The highest BCUT2D eigenvalue weighted by atomic mass is 16.5. The molecule has 1 saturated carbocycles. The second-order valence-corrected chi connectivity index (χ2v) is 6.84. The molecule has 0 heterocycles. The third kappa shape index (κ3) is 4.33. The first kappa shape index (κ1) is 19.9. The maximum atomic E-state index is 12.6. The van der Waals surface area contributed by atoms with Crippen LogP contribution in [0.15, 0.2) is 66.2 Å². The van der Waals surface area contributed by atoms with E-state index in [0.29, 0.717) is 26.1 Å². The number of allylic oxidation sites excluding steroid dienone is 1. The van der Waals surface area contributed by atoms with Crippen molar-refractivity contribution in [1.29, 1.82) is 0 Å². The predicted octanol–water partition coefficient (Wildman–Crippen LogP) is 4.64. The van der Waals surface area contributed by atoms with Gasteiger partial charge in [0.1, 0.15) is 0 Å². The Labute approximate surface area is 166 Å². The fourth-order valence-electron chi connectivity index (χ4n) is 3.88. The molecule has 28 heavy (non-hydrogen) atoms. The normalized spacial score (nSPS) is 18.6. The summed E-state index contributed by atoms with van der Waals surface area (Å²) < 4.78 is 10.5. The van der Waals surface area contributed by atoms with Gasteiger partial charge >= 0.3 is 11.9 Å². The van der Waals surface area contributed by atoms with Gasteiger partial charge in [0.25, 0.3) is 0 Å². The van der Waals surface area contributed by atoms with Crippen LogP contribution in [0.3, 0.4) is 0 Å². The van der Waals surface area contributed by atoms with Crippen molar-refractivity contribution in [3.63, 3.8) is 0 Å². The SMILES string of the molecule is CCOC(=O)[C@@H]1CC(=C(c2ccccc2)c2ccccc2)C[C@H]1C(=O)OCC. The van der Waals surface area contributed by atoms with Gasteiger partial charge in [-0.3, -0.25) is 9.59 Å². The summed E-state index contributed by atoms with van der Waals surface area (Å²) in [6, 6.07) is 20.2. The molecule has 1 fully saturated rings. The van der Waals surface area contributed by atoms with E-state index >= 15 is 0 Å². The third-order valence-corrected chi connectivity index (χ3v) is 5.08. The first-order chi connectivity index (χ1) is 13.7. The number of carbonyl (C=O) groups is 2. The molecule has 146 valence electrons. The minimum atomic E-state index is -0.503. The molecule has 0 N–H and O–H groups in total. The summed E-state index contributed by atoms with van der Waals surface area (Å²) in [5.41, 5.74) is 4.34. The largest absolute Gasteiger partial charge is 0.466 e. The second-order valence-electron chi connectivity index (χ2n) is 6.84. The Hall–Kier alpha value is -2.88. The summed E-state index contributed by atoms with van der Waals surface area (Å²) in [5, 5.41) is 0. The molecule has 0 amide bonds. The van der Waals surface area contributed by atoms with E-state index in [1.165, 1.54) is 0 Å². The lowest BCUT2D eigenvalue weighted by Crippen LogP contribution is -2.28. The van der Waals surface area contributed by atoms with Crippen LogP contribution in [-0.4, -0.2) is 25.2 Å². The van der Waals surface area contributed by atoms with Gasteiger partial charge in [0.2, 0.25) is 0 Å². The molecule has 0 bridgehead atoms. The fraction of sp³-hybridized carbons (Fsp3) is 0.333. The van der Waals surface area contributed by atoms with Gasteiger partial charge in [-0.1, -0.05) is 66.2 Å². The third-order valence-electron chi connectivity index (χ3n) is 5.08. The molecule has 0 radical (unpaired) electrons. The van der Waals surface area contributed by atoms with Crippen LogP contribution in [-0.2, 0) is 19.1 Å². The van der Waals surface area contributed by atoms with Gasteiger partial charge in [-0.05, 0) is 43.4 Å². The molecule has 0 unspecified atom stereocenters. The average molecular weight is 378 g/mol. The minimum absolute atomic E-state index is 0.300. The molecule has 0 aliphatic heterocycles. The first-order valence-electron chi connectivity index (χ1n) is 9.81. The first-order valence-corrected chi connectivity index (χ1v) is 9.81. The van der Waals surface area contributed by atoms with Gasteiger partial charge < -0.3 is 9.47 Å². The quantitative estimate of drug-likeness (QED) is 0.687. The Morgan fingerprint density at radius 1 is 0.750 bits per heavy atom. The number of ether oxygens (including phenoxy) is 2. The van der Waals surface area contributed by atoms with Crippen LogP contribution in [0.4, 0.5) is 0 Å². The number of rotatable bonds is 6. The molecule has 2 atom stereocenters. The van der Waals surface area contributed by atoms with E-state index in [2.05, 4.69) is 24.3 Å². The summed E-state index contributed by atoms with van der Waals surface area (Å²) in [5.74, 6) is -1.65. The lowest BCUT2D eigenvalue weighted by atomic mass is 9.92. The van der Waals surface area contributed by atoms with E-state index in [1.807, 2.05) is 36.4 Å². The van der Waals surface area contributed by atoms with E-state index in [4.69, 9.17) is 9.47 Å². The van der Waals surface area contributed by atoms with Crippen LogP contribution in [0.5, 0.6) is 0 Å². The van der Waals surface area contributed by atoms with E-state index in [1.54, 1.807) is 13.8 Å². The van der Waals surface area contributed by atoms with Crippen molar-refractivity contribution in [2.24, 2.45) is 11.8 Å². The van der Waals surface area contributed by atoms with Crippen LogP contribution in [0.2, 0.25) is 0 Å². The minimum Gasteiger partial charge on any atom is -0.466 e. The smallest absolute Gasteiger partial charge is 0.310 e. The topological polar surface area (TPSA) is 52.6 Å². The van der Waals surface area contributed by atoms with Crippen molar-refractivity contribution in [1.82, 2.24) is 0 Å². The van der Waals surface area contributed by atoms with Crippen LogP contribution in [0, 0.1) is 11.8 Å². The van der Waals surface area contributed by atoms with Crippen molar-refractivity contribution in [3.8, 4) is 0 Å². The Morgan fingerprint density at radius 3 is 1.50 bits per heavy atom. The summed E-state index contributed by atoms with van der Waals surface area (Å²) in [6.45, 7) is 4.16. The highest BCUT2D eigenvalue weighted by Gasteiger charge is 2.43. The van der Waals surface area contributed by atoms with Gasteiger partial charge in [0.05, 0.1) is 25.0 Å². The van der Waals surface area contributed by atoms with Crippen LogP contribution < -0.4 is 0 Å². The zero-order valence-electron chi connectivity index (χ0n) is 16.4. The predicted molar refractivity (Wildman–Crippen MR) is 108 cm³/mol. The van der Waals surface area contributed by atoms with Gasteiger partial charge in [0, 0.05) is 0 Å². The van der Waals surface area contributed by atoms with Crippen molar-refractivity contribution >= 4 is 17.5 Å². The Kier molecular flexibility index (Phi) is 6.64. The average Bonchev–Trinajstić information content (AvgIpc) is 3.15. The highest BCUT2D eigenvalue weighted by molar-refractivity contribution is 5.88. The van der Waals surface area contributed by atoms with E-state index in [9.17, 15) is 9.59 Å². The molecule has 1 aliphatic carbocycles. The molecule has 4 nitrogen and oxygen atoms in total. The standard InChI is InChI=1S/C24H26O4/c1-3-27-23(25)20-15-19(16-21(20)24(26)28-4-2)22(17-11-7-5-8-12-17)18-13-9-6-10-14-18/h5-14,20-21H,3-4,15-16H2,1-2H3/t20-,21-/m1/s1. The highest BCUT2D eigenvalue weighted by Crippen LogP contribution is 2.43. The molecule has 2 aromatic carbocycles. The van der Waals surface area contributed by atoms with Crippen molar-refractivity contribution in [2.75, 3.05) is 13.2 Å². The lowest BCUT2D eigenvalue weighted by molar-refractivity contribution is -0.158. The van der Waals surface area contributed by atoms with Crippen molar-refractivity contribution in [2.45, 2.75) is 26.7 Å². The summed E-state index contributed by atoms with van der Waals surface area (Å²) in [6.07, 6.45) is 1.00. The maximum Gasteiger partial charge on any atom is 0.310 e. The fourth-order valence-corrected chi connectivity index (χ4v) is 3.88. The maximum absolute atomic E-state index is 12.6. The van der Waals surface area contributed by atoms with Crippen molar-refractivity contribution in [3.05, 3.63) is 77.4 Å². The van der Waals surface area contributed by atoms with Gasteiger partial charge in [-0.25, -0.2) is 0 Å². The van der Waals surface area contributed by atoms with Crippen LogP contribution in [0.25, 0.3) is 5.57 Å². The number of hydrogen-bond acceptors (Lipinski definition) is 4. The monoisotopic (exact) mass is 378 g/mol. The van der Waals surface area contributed by atoms with Gasteiger partial charge in [-0.2, -0.15) is 0 Å². The van der Waals surface area contributed by atoms with Gasteiger partial charge in [-0.15, -0.1) is 0 Å². The molecular weight excluding hydrogens is 352 g/mol. The Bertz CT molecular complexity index is 770. The molecular formula is C24H26O4. The molecule has 2 aromatic rings. The number of carbonyl (C=O) groups excluding carboxylic acids is 2. The summed E-state index contributed by atoms with van der Waals surface area (Å²) >= 11 is 0. The Morgan fingerprint density at radius 2 is 1.14 bits per heavy atom. The zero-order valence-corrected chi connectivity index (χ0v) is 16.4. The van der Waals surface area contributed by atoms with E-state index < -0.39 is 11.8 Å². The number of benzene rings is 2. The van der Waals surface area contributed by atoms with Crippen LogP contribution in [0.1, 0.15) is 37.8 Å². The number of esters is 2. The number of hydrogen-bond donors (Lipinski definition) is 0.